The number of benzene rings is 1. The second-order valence-electron chi connectivity index (χ2n) is 6.88. The molecule has 1 aromatic carbocycles. The summed E-state index contributed by atoms with van der Waals surface area (Å²) in [6.07, 6.45) is 1.68. The van der Waals surface area contributed by atoms with E-state index in [0.717, 1.165) is 12.8 Å². The molecule has 1 aliphatic heterocycles. The average Bonchev–Trinajstić information content (AvgIpc) is 2.82. The summed E-state index contributed by atoms with van der Waals surface area (Å²) in [7, 11) is 0. The number of hydrogen-bond acceptors (Lipinski definition) is 3. The Kier molecular flexibility index (Phi) is 4.13. The number of ether oxygens (including phenoxy) is 2. The Bertz CT molecular complexity index is 509. The van der Waals surface area contributed by atoms with Gasteiger partial charge in [-0.15, -0.1) is 0 Å². The predicted octanol–water partition coefficient (Wildman–Crippen LogP) is 2.53. The summed E-state index contributed by atoms with van der Waals surface area (Å²) in [5, 5.41) is 0. The molecule has 1 aliphatic carbocycles. The molecule has 3 nitrogen and oxygen atoms in total. The molecular formula is C17H22O3Se. The number of esters is 1. The van der Waals surface area contributed by atoms with Crippen LogP contribution < -0.4 is 4.46 Å². The van der Waals surface area contributed by atoms with Crippen LogP contribution in [-0.4, -0.2) is 33.3 Å². The van der Waals surface area contributed by atoms with E-state index >= 15 is 0 Å². The number of fused-ring (bicyclic) bond motifs is 1. The van der Waals surface area contributed by atoms with Crippen LogP contribution in [0.25, 0.3) is 0 Å². The minimum atomic E-state index is -0.408. The van der Waals surface area contributed by atoms with Gasteiger partial charge in [0.25, 0.3) is 0 Å². The summed E-state index contributed by atoms with van der Waals surface area (Å²) < 4.78 is 13.0. The molecule has 3 rings (SSSR count). The van der Waals surface area contributed by atoms with Gasteiger partial charge in [0, 0.05) is 0 Å². The Labute approximate surface area is 132 Å². The molecule has 4 heteroatoms. The molecular weight excluding hydrogens is 331 g/mol. The third-order valence-corrected chi connectivity index (χ3v) is 6.96. The SMILES string of the molecule is CC(C)(C)C1OC(=O)C2C(CCC2[Se]c2ccccc2)O1. The maximum atomic E-state index is 12.4. The van der Waals surface area contributed by atoms with Crippen molar-refractivity contribution in [2.45, 2.75) is 50.8 Å². The molecule has 1 saturated carbocycles. The van der Waals surface area contributed by atoms with Crippen LogP contribution >= 0.6 is 0 Å². The van der Waals surface area contributed by atoms with Gasteiger partial charge in [-0.2, -0.15) is 0 Å². The fourth-order valence-corrected chi connectivity index (χ4v) is 5.77. The third-order valence-electron chi connectivity index (χ3n) is 4.07. The van der Waals surface area contributed by atoms with Crippen molar-refractivity contribution in [2.75, 3.05) is 0 Å². The van der Waals surface area contributed by atoms with Crippen LogP contribution in [-0.2, 0) is 14.3 Å². The van der Waals surface area contributed by atoms with Gasteiger partial charge in [0.1, 0.15) is 0 Å². The van der Waals surface area contributed by atoms with Crippen LogP contribution in [0.4, 0.5) is 0 Å². The zero-order valence-corrected chi connectivity index (χ0v) is 14.5. The standard InChI is InChI=1S/C17H22O3Se/c1-17(2,3)16-19-12-9-10-13(14(12)15(18)20-16)21-11-7-5-4-6-8-11/h4-8,12-14,16H,9-10H2,1-3H3. The molecule has 0 N–H and O–H groups in total. The van der Waals surface area contributed by atoms with Crippen molar-refractivity contribution >= 4 is 25.4 Å². The fourth-order valence-electron chi connectivity index (χ4n) is 2.94. The molecule has 0 radical (unpaired) electrons. The van der Waals surface area contributed by atoms with E-state index < -0.39 is 6.29 Å². The zero-order chi connectivity index (χ0) is 15.0. The second kappa shape index (κ2) is 5.75. The molecule has 0 amide bonds. The van der Waals surface area contributed by atoms with E-state index in [2.05, 4.69) is 24.3 Å². The topological polar surface area (TPSA) is 35.5 Å². The summed E-state index contributed by atoms with van der Waals surface area (Å²) in [5.41, 5.74) is -0.163. The fraction of sp³-hybridized carbons (Fsp3) is 0.588. The van der Waals surface area contributed by atoms with Crippen molar-refractivity contribution < 1.29 is 14.3 Å². The number of carbonyl (C=O) groups excluding carboxylic acids is 1. The molecule has 2 aliphatic rings. The van der Waals surface area contributed by atoms with Crippen LogP contribution in [0.3, 0.4) is 0 Å². The molecule has 21 heavy (non-hydrogen) atoms. The van der Waals surface area contributed by atoms with E-state index in [9.17, 15) is 4.79 Å². The van der Waals surface area contributed by atoms with Crippen LogP contribution in [0.1, 0.15) is 33.6 Å². The first-order chi connectivity index (χ1) is 9.95. The van der Waals surface area contributed by atoms with Crippen molar-refractivity contribution in [1.82, 2.24) is 0 Å². The van der Waals surface area contributed by atoms with Crippen molar-refractivity contribution in [3.63, 3.8) is 0 Å². The quantitative estimate of drug-likeness (QED) is 0.606. The first kappa shape index (κ1) is 15.1. The van der Waals surface area contributed by atoms with Crippen LogP contribution in [0, 0.1) is 11.3 Å². The summed E-state index contributed by atoms with van der Waals surface area (Å²) in [6.45, 7) is 6.14. The van der Waals surface area contributed by atoms with E-state index in [1.807, 2.05) is 26.8 Å². The number of hydrogen-bond donors (Lipinski definition) is 0. The number of rotatable bonds is 2. The molecule has 4 unspecified atom stereocenters. The van der Waals surface area contributed by atoms with E-state index in [4.69, 9.17) is 9.47 Å². The molecule has 2 fully saturated rings. The summed E-state index contributed by atoms with van der Waals surface area (Å²) in [4.78, 5) is 12.8. The van der Waals surface area contributed by atoms with Gasteiger partial charge in [-0.25, -0.2) is 0 Å². The van der Waals surface area contributed by atoms with Crippen molar-refractivity contribution in [3.05, 3.63) is 30.3 Å². The van der Waals surface area contributed by atoms with Gasteiger partial charge in [-0.1, -0.05) is 0 Å². The maximum absolute atomic E-state index is 12.4. The number of carbonyl (C=O) groups is 1. The van der Waals surface area contributed by atoms with E-state index in [0.29, 0.717) is 19.8 Å². The molecule has 1 saturated heterocycles. The summed E-state index contributed by atoms with van der Waals surface area (Å²) in [6, 6.07) is 10.5. The molecule has 0 aromatic heterocycles. The summed E-state index contributed by atoms with van der Waals surface area (Å²) >= 11 is 0.303. The predicted molar refractivity (Wildman–Crippen MR) is 82.5 cm³/mol. The molecule has 4 atom stereocenters. The Balaban J connectivity index is 1.71. The Morgan fingerprint density at radius 3 is 2.52 bits per heavy atom. The average molecular weight is 353 g/mol. The Hall–Kier alpha value is -0.831. The van der Waals surface area contributed by atoms with Gasteiger partial charge >= 0.3 is 132 Å². The van der Waals surface area contributed by atoms with Gasteiger partial charge in [0.2, 0.25) is 0 Å². The third kappa shape index (κ3) is 3.18. The Morgan fingerprint density at radius 2 is 1.86 bits per heavy atom. The van der Waals surface area contributed by atoms with Gasteiger partial charge in [-0.3, -0.25) is 0 Å². The van der Waals surface area contributed by atoms with Crippen LogP contribution in [0.15, 0.2) is 30.3 Å². The van der Waals surface area contributed by atoms with E-state index in [1.165, 1.54) is 4.46 Å². The molecule has 1 aromatic rings. The second-order valence-corrected chi connectivity index (χ2v) is 9.64. The van der Waals surface area contributed by atoms with E-state index in [1.54, 1.807) is 0 Å². The van der Waals surface area contributed by atoms with Crippen LogP contribution in [0.2, 0.25) is 4.82 Å². The first-order valence-electron chi connectivity index (χ1n) is 7.53. The first-order valence-corrected chi connectivity index (χ1v) is 9.37. The van der Waals surface area contributed by atoms with Crippen molar-refractivity contribution in [3.8, 4) is 0 Å². The van der Waals surface area contributed by atoms with E-state index in [-0.39, 0.29) is 23.4 Å². The molecule has 0 spiro atoms. The normalized spacial score (nSPS) is 32.6. The molecule has 114 valence electrons. The van der Waals surface area contributed by atoms with Gasteiger partial charge in [-0.05, 0) is 0 Å². The van der Waals surface area contributed by atoms with Crippen molar-refractivity contribution in [1.29, 1.82) is 0 Å². The van der Waals surface area contributed by atoms with Crippen LogP contribution in [0.5, 0.6) is 0 Å². The van der Waals surface area contributed by atoms with Crippen molar-refractivity contribution in [2.24, 2.45) is 11.3 Å². The monoisotopic (exact) mass is 354 g/mol. The Morgan fingerprint density at radius 1 is 1.14 bits per heavy atom. The molecule has 1 heterocycles. The zero-order valence-electron chi connectivity index (χ0n) is 12.7. The van der Waals surface area contributed by atoms with Gasteiger partial charge < -0.3 is 0 Å². The number of cyclic esters (lactones) is 1. The molecule has 0 bridgehead atoms. The van der Waals surface area contributed by atoms with Gasteiger partial charge in [0.05, 0.1) is 0 Å². The summed E-state index contributed by atoms with van der Waals surface area (Å²) in [5.74, 6) is -0.115. The minimum absolute atomic E-state index is 0.0473. The van der Waals surface area contributed by atoms with Gasteiger partial charge in [0.15, 0.2) is 0 Å².